The minimum Gasteiger partial charge on any atom is -0.344 e. The molecule has 0 aliphatic carbocycles. The molecule has 4 aromatic carbocycles. The van der Waals surface area contributed by atoms with E-state index < -0.39 is 0 Å². The van der Waals surface area contributed by atoms with Crippen LogP contribution in [-0.2, 0) is 5.75 Å². The first kappa shape index (κ1) is 33.4. The van der Waals surface area contributed by atoms with Crippen LogP contribution in [0.1, 0.15) is 59.7 Å². The van der Waals surface area contributed by atoms with Gasteiger partial charge in [0.2, 0.25) is 0 Å². The maximum Gasteiger partial charge on any atom is 0.0525 e. The Balaban J connectivity index is 1.53. The van der Waals surface area contributed by atoms with Gasteiger partial charge in [-0.3, -0.25) is 0 Å². The predicted molar refractivity (Wildman–Crippen MR) is 203 cm³/mol. The molecule has 0 radical (unpaired) electrons. The Morgan fingerprint density at radius 1 is 0.756 bits per heavy atom. The van der Waals surface area contributed by atoms with Gasteiger partial charge < -0.3 is 4.90 Å². The summed E-state index contributed by atoms with van der Waals surface area (Å²) in [5.74, 6) is 0.891. The highest BCUT2D eigenvalue weighted by Crippen LogP contribution is 2.38. The van der Waals surface area contributed by atoms with E-state index >= 15 is 0 Å². The van der Waals surface area contributed by atoms with E-state index in [9.17, 15) is 0 Å². The molecule has 0 fully saturated rings. The van der Waals surface area contributed by atoms with E-state index in [1.54, 1.807) is 0 Å². The van der Waals surface area contributed by atoms with Crippen LogP contribution in [0.3, 0.4) is 0 Å². The molecule has 2 heteroatoms. The molecule has 0 spiro atoms. The van der Waals surface area contributed by atoms with E-state index in [1.165, 1.54) is 60.8 Å². The predicted octanol–water partition coefficient (Wildman–Crippen LogP) is 12.7. The van der Waals surface area contributed by atoms with E-state index in [1.807, 2.05) is 30.8 Å². The topological polar surface area (TPSA) is 3.24 Å². The average molecular weight is 608 g/mol. The minimum absolute atomic E-state index is 0.891. The number of hydrogen-bond donors (Lipinski definition) is 0. The molecule has 4 aromatic rings. The third-order valence-corrected chi connectivity index (χ3v) is 9.10. The third kappa shape index (κ3) is 8.56. The van der Waals surface area contributed by atoms with Crippen molar-refractivity contribution in [1.82, 2.24) is 0 Å². The third-order valence-electron chi connectivity index (χ3n) is 7.88. The first-order valence-corrected chi connectivity index (χ1v) is 16.6. The molecule has 0 N–H and O–H groups in total. The molecule has 0 amide bonds. The van der Waals surface area contributed by atoms with Gasteiger partial charge >= 0.3 is 0 Å². The summed E-state index contributed by atoms with van der Waals surface area (Å²) >= 11 is 1.90. The van der Waals surface area contributed by atoms with Crippen molar-refractivity contribution in [1.29, 1.82) is 0 Å². The summed E-state index contributed by atoms with van der Waals surface area (Å²) < 4.78 is 0. The van der Waals surface area contributed by atoms with Crippen molar-refractivity contribution in [3.05, 3.63) is 173 Å². The van der Waals surface area contributed by atoms with Crippen LogP contribution in [0, 0.1) is 13.8 Å². The maximum atomic E-state index is 3.85. The fourth-order valence-corrected chi connectivity index (χ4v) is 6.45. The second kappa shape index (κ2) is 16.5. The summed E-state index contributed by atoms with van der Waals surface area (Å²) in [5, 5.41) is 0. The van der Waals surface area contributed by atoms with Crippen molar-refractivity contribution < 1.29 is 0 Å². The highest BCUT2D eigenvalue weighted by atomic mass is 32.2. The van der Waals surface area contributed by atoms with E-state index in [4.69, 9.17) is 0 Å². The Morgan fingerprint density at radius 2 is 1.49 bits per heavy atom. The highest BCUT2D eigenvalue weighted by Gasteiger charge is 2.16. The maximum absolute atomic E-state index is 3.85. The van der Waals surface area contributed by atoms with Crippen LogP contribution < -0.4 is 4.90 Å². The molecule has 0 heterocycles. The second-order valence-corrected chi connectivity index (χ2v) is 12.0. The Kier molecular flexibility index (Phi) is 12.2. The van der Waals surface area contributed by atoms with Gasteiger partial charge in [-0.2, -0.15) is 0 Å². The summed E-state index contributed by atoms with van der Waals surface area (Å²) in [6.45, 7) is 14.5. The zero-order chi connectivity index (χ0) is 32.2. The Morgan fingerprint density at radius 3 is 2.13 bits per heavy atom. The highest BCUT2D eigenvalue weighted by molar-refractivity contribution is 7.98. The molecular formula is C43H45NS. The summed E-state index contributed by atoms with van der Waals surface area (Å²) in [7, 11) is 2.17. The van der Waals surface area contributed by atoms with Crippen LogP contribution in [0.15, 0.2) is 139 Å². The Bertz CT molecular complexity index is 1750. The standard InChI is InChI=1S/C43H45NS/c1-8-15-36(16-9-2)37-26-22-34(23-27-37)21-25-35(11-4)38-28-29-42(33(6)30-38)45-31-39-24-20-32(5)41(17-10-3)43(39)44(7)40-18-13-12-14-19-40/h8-30H,1,31H2,2-7H3/b16-9-,17-10-,25-21-,35-11+,36-15+. The van der Waals surface area contributed by atoms with Crippen molar-refractivity contribution in [2.24, 2.45) is 0 Å². The van der Waals surface area contributed by atoms with Crippen molar-refractivity contribution in [3.63, 3.8) is 0 Å². The Labute approximate surface area is 275 Å². The number of aryl methyl sites for hydroxylation is 2. The van der Waals surface area contributed by atoms with Crippen LogP contribution in [-0.4, -0.2) is 7.05 Å². The lowest BCUT2D eigenvalue weighted by molar-refractivity contribution is 1.16. The SMILES string of the molecule is C=C/C=C(\C=C/C)c1ccc(/C=C\C(=C/C)c2ccc(SCc3ccc(C)c(/C=C\C)c3N(C)c3ccccc3)c(C)c2)cc1. The minimum atomic E-state index is 0.891. The van der Waals surface area contributed by atoms with Gasteiger partial charge in [-0.25, -0.2) is 0 Å². The molecule has 0 aliphatic heterocycles. The molecule has 0 aliphatic rings. The normalized spacial score (nSPS) is 12.5. The van der Waals surface area contributed by atoms with E-state index in [0.29, 0.717) is 0 Å². The molecule has 228 valence electrons. The largest absolute Gasteiger partial charge is 0.344 e. The number of rotatable bonds is 12. The van der Waals surface area contributed by atoms with Gasteiger partial charge in [0.15, 0.2) is 0 Å². The molecule has 0 aromatic heterocycles. The first-order chi connectivity index (χ1) is 21.9. The lowest BCUT2D eigenvalue weighted by Crippen LogP contribution is -2.14. The van der Waals surface area contributed by atoms with Gasteiger partial charge in [0.25, 0.3) is 0 Å². The number of para-hydroxylation sites is 1. The van der Waals surface area contributed by atoms with Gasteiger partial charge in [0.1, 0.15) is 0 Å². The van der Waals surface area contributed by atoms with Gasteiger partial charge in [0, 0.05) is 28.9 Å². The second-order valence-electron chi connectivity index (χ2n) is 11.0. The monoisotopic (exact) mass is 607 g/mol. The van der Waals surface area contributed by atoms with E-state index in [0.717, 1.165) is 11.3 Å². The van der Waals surface area contributed by atoms with E-state index in [2.05, 4.69) is 174 Å². The smallest absolute Gasteiger partial charge is 0.0525 e. The number of anilines is 2. The fourth-order valence-electron chi connectivity index (χ4n) is 5.46. The van der Waals surface area contributed by atoms with Crippen LogP contribution in [0.25, 0.3) is 23.3 Å². The van der Waals surface area contributed by atoms with Gasteiger partial charge in [-0.1, -0.05) is 128 Å². The molecule has 0 bridgehead atoms. The number of thioether (sulfide) groups is 1. The van der Waals surface area contributed by atoms with Crippen LogP contribution in [0.5, 0.6) is 0 Å². The fraction of sp³-hybridized carbons (Fsp3) is 0.163. The van der Waals surface area contributed by atoms with Crippen molar-refractivity contribution in [3.8, 4) is 0 Å². The quantitative estimate of drug-likeness (QED) is 0.116. The number of allylic oxidation sites excluding steroid dienone is 9. The van der Waals surface area contributed by atoms with Gasteiger partial charge in [-0.05, 0) is 97.3 Å². The zero-order valence-electron chi connectivity index (χ0n) is 27.5. The summed E-state index contributed by atoms with van der Waals surface area (Å²) in [6.07, 6.45) is 19.0. The summed E-state index contributed by atoms with van der Waals surface area (Å²) in [5.41, 5.74) is 13.6. The number of nitrogens with zero attached hydrogens (tertiary/aromatic N) is 1. The lowest BCUT2D eigenvalue weighted by atomic mass is 10.0. The molecule has 1 nitrogen and oxygen atoms in total. The molecule has 0 saturated carbocycles. The summed E-state index contributed by atoms with van der Waals surface area (Å²) in [6, 6.07) is 30.7. The lowest BCUT2D eigenvalue weighted by Gasteiger charge is -2.26. The average Bonchev–Trinajstić information content (AvgIpc) is 3.06. The van der Waals surface area contributed by atoms with Crippen molar-refractivity contribution in [2.75, 3.05) is 11.9 Å². The zero-order valence-corrected chi connectivity index (χ0v) is 28.4. The summed E-state index contributed by atoms with van der Waals surface area (Å²) in [4.78, 5) is 3.63. The van der Waals surface area contributed by atoms with Crippen LogP contribution in [0.4, 0.5) is 11.4 Å². The van der Waals surface area contributed by atoms with Gasteiger partial charge in [-0.15, -0.1) is 11.8 Å². The molecule has 0 unspecified atom stereocenters. The van der Waals surface area contributed by atoms with Crippen LogP contribution >= 0.6 is 11.8 Å². The first-order valence-electron chi connectivity index (χ1n) is 15.6. The van der Waals surface area contributed by atoms with Crippen molar-refractivity contribution >= 4 is 46.4 Å². The molecule has 0 saturated heterocycles. The van der Waals surface area contributed by atoms with Crippen LogP contribution in [0.2, 0.25) is 0 Å². The molecule has 45 heavy (non-hydrogen) atoms. The van der Waals surface area contributed by atoms with Gasteiger partial charge in [0.05, 0.1) is 5.69 Å². The van der Waals surface area contributed by atoms with Crippen molar-refractivity contribution in [2.45, 2.75) is 45.3 Å². The molecule has 0 atom stereocenters. The Hall–Kier alpha value is -4.53. The molecule has 4 rings (SSSR count). The number of hydrogen-bond acceptors (Lipinski definition) is 2. The number of benzene rings is 4. The van der Waals surface area contributed by atoms with E-state index in [-0.39, 0.29) is 0 Å². The molecular weight excluding hydrogens is 563 g/mol.